The van der Waals surface area contributed by atoms with E-state index in [1.807, 2.05) is 19.1 Å². The monoisotopic (exact) mass is 331 g/mol. The van der Waals surface area contributed by atoms with Crippen LogP contribution in [-0.2, 0) is 0 Å². The molecule has 120 valence electrons. The molecule has 1 heterocycles. The quantitative estimate of drug-likeness (QED) is 0.839. The Bertz CT molecular complexity index is 712. The van der Waals surface area contributed by atoms with Crippen molar-refractivity contribution in [3.05, 3.63) is 47.7 Å². The first-order valence-corrected chi connectivity index (χ1v) is 7.22. The third-order valence-electron chi connectivity index (χ3n) is 3.04. The van der Waals surface area contributed by atoms with Crippen LogP contribution < -0.4 is 20.1 Å². The molecule has 0 aliphatic heterocycles. The first-order chi connectivity index (χ1) is 11.0. The first-order valence-electron chi connectivity index (χ1n) is 6.81. The van der Waals surface area contributed by atoms with Crippen molar-refractivity contribution in [2.24, 2.45) is 0 Å². The molecule has 2 rings (SSSR count). The number of aryl methyl sites for hydroxylation is 1. The molecule has 7 heteroatoms. The fourth-order valence-corrected chi connectivity index (χ4v) is 2.19. The normalized spacial score (nSPS) is 9.87. The Morgan fingerprint density at radius 2 is 1.83 bits per heavy atom. The highest BCUT2D eigenvalue weighted by Gasteiger charge is 2.19. The van der Waals surface area contributed by atoms with Crippen LogP contribution in [0.2, 0.25) is 0 Å². The van der Waals surface area contributed by atoms with Gasteiger partial charge in [-0.05, 0) is 49.0 Å². The second kappa shape index (κ2) is 7.55. The van der Waals surface area contributed by atoms with Gasteiger partial charge in [0, 0.05) is 6.20 Å². The predicted molar refractivity (Wildman–Crippen MR) is 92.2 cm³/mol. The topological polar surface area (TPSA) is 72.5 Å². The predicted octanol–water partition coefficient (Wildman–Crippen LogP) is 2.53. The molecule has 1 amide bonds. The van der Waals surface area contributed by atoms with E-state index >= 15 is 0 Å². The maximum absolute atomic E-state index is 12.5. The number of nitrogens with zero attached hydrogens (tertiary/aromatic N) is 1. The number of benzene rings is 1. The first kappa shape index (κ1) is 16.7. The van der Waals surface area contributed by atoms with Gasteiger partial charge >= 0.3 is 0 Å². The standard InChI is InChI=1S/C16H17N3O3S/c1-10-7-8-17-13(9-10)18-16(23)19-15(20)14-11(21-2)5-4-6-12(14)22-3/h4-9H,1-3H3,(H2,17,18,19,20,23). The summed E-state index contributed by atoms with van der Waals surface area (Å²) in [5.74, 6) is 0.934. The van der Waals surface area contributed by atoms with Gasteiger partial charge in [-0.25, -0.2) is 4.98 Å². The summed E-state index contributed by atoms with van der Waals surface area (Å²) in [4.78, 5) is 16.6. The van der Waals surface area contributed by atoms with Crippen molar-refractivity contribution >= 4 is 29.1 Å². The molecule has 0 aliphatic rings. The van der Waals surface area contributed by atoms with E-state index in [2.05, 4.69) is 15.6 Å². The summed E-state index contributed by atoms with van der Waals surface area (Å²) in [6, 6.07) is 8.78. The van der Waals surface area contributed by atoms with Crippen LogP contribution in [0.1, 0.15) is 15.9 Å². The molecule has 0 fully saturated rings. The van der Waals surface area contributed by atoms with Gasteiger partial charge in [0.25, 0.3) is 5.91 Å². The Kier molecular flexibility index (Phi) is 5.48. The summed E-state index contributed by atoms with van der Waals surface area (Å²) in [5, 5.41) is 5.60. The highest BCUT2D eigenvalue weighted by atomic mass is 32.1. The minimum Gasteiger partial charge on any atom is -0.496 e. The van der Waals surface area contributed by atoms with Gasteiger partial charge in [0.05, 0.1) is 14.2 Å². The Hall–Kier alpha value is -2.67. The summed E-state index contributed by atoms with van der Waals surface area (Å²) in [5.41, 5.74) is 1.31. The van der Waals surface area contributed by atoms with Gasteiger partial charge in [0.1, 0.15) is 22.9 Å². The average Bonchev–Trinajstić information content (AvgIpc) is 2.53. The molecular weight excluding hydrogens is 314 g/mol. The number of hydrogen-bond donors (Lipinski definition) is 2. The van der Waals surface area contributed by atoms with E-state index in [1.54, 1.807) is 24.4 Å². The SMILES string of the molecule is COc1cccc(OC)c1C(=O)NC(=S)Nc1cc(C)ccn1. The summed E-state index contributed by atoms with van der Waals surface area (Å²) in [6.07, 6.45) is 1.66. The molecule has 0 unspecified atom stereocenters. The molecule has 1 aromatic heterocycles. The highest BCUT2D eigenvalue weighted by Crippen LogP contribution is 2.27. The number of methoxy groups -OCH3 is 2. The fourth-order valence-electron chi connectivity index (χ4n) is 1.99. The van der Waals surface area contributed by atoms with Crippen LogP contribution in [0.5, 0.6) is 11.5 Å². The minimum absolute atomic E-state index is 0.140. The zero-order chi connectivity index (χ0) is 16.8. The number of anilines is 1. The van der Waals surface area contributed by atoms with Crippen molar-refractivity contribution in [2.45, 2.75) is 6.92 Å². The number of rotatable bonds is 4. The van der Waals surface area contributed by atoms with Gasteiger partial charge in [0.15, 0.2) is 5.11 Å². The van der Waals surface area contributed by atoms with Crippen LogP contribution in [0, 0.1) is 6.92 Å². The Labute approximate surface area is 139 Å². The van der Waals surface area contributed by atoms with E-state index in [0.29, 0.717) is 17.3 Å². The summed E-state index contributed by atoms with van der Waals surface area (Å²) < 4.78 is 10.4. The van der Waals surface area contributed by atoms with Crippen molar-refractivity contribution in [3.8, 4) is 11.5 Å². The molecule has 0 bridgehead atoms. The van der Waals surface area contributed by atoms with Crippen molar-refractivity contribution in [1.29, 1.82) is 0 Å². The number of nitrogens with one attached hydrogen (secondary N) is 2. The lowest BCUT2D eigenvalue weighted by molar-refractivity contribution is 0.0971. The second-order valence-corrected chi connectivity index (χ2v) is 5.07. The zero-order valence-electron chi connectivity index (χ0n) is 13.0. The molecule has 0 saturated carbocycles. The molecule has 6 nitrogen and oxygen atoms in total. The Balaban J connectivity index is 2.14. The lowest BCUT2D eigenvalue weighted by atomic mass is 10.1. The molecule has 0 aliphatic carbocycles. The third kappa shape index (κ3) is 4.17. The number of pyridine rings is 1. The van der Waals surface area contributed by atoms with E-state index < -0.39 is 5.91 Å². The molecule has 0 saturated heterocycles. The van der Waals surface area contributed by atoms with Crippen molar-refractivity contribution < 1.29 is 14.3 Å². The van der Waals surface area contributed by atoms with Gasteiger partial charge in [-0.1, -0.05) is 6.07 Å². The van der Waals surface area contributed by atoms with Crippen molar-refractivity contribution in [1.82, 2.24) is 10.3 Å². The maximum Gasteiger partial charge on any atom is 0.264 e. The number of carbonyl (C=O) groups excluding carboxylic acids is 1. The van der Waals surface area contributed by atoms with Crippen LogP contribution in [0.4, 0.5) is 5.82 Å². The maximum atomic E-state index is 12.5. The zero-order valence-corrected chi connectivity index (χ0v) is 13.9. The molecular formula is C16H17N3O3S. The van der Waals surface area contributed by atoms with Gasteiger partial charge in [-0.2, -0.15) is 0 Å². The number of ether oxygens (including phenoxy) is 2. The van der Waals surface area contributed by atoms with Crippen molar-refractivity contribution in [2.75, 3.05) is 19.5 Å². The third-order valence-corrected chi connectivity index (χ3v) is 3.24. The summed E-state index contributed by atoms with van der Waals surface area (Å²) in [6.45, 7) is 1.94. The Morgan fingerprint density at radius 1 is 1.17 bits per heavy atom. The van der Waals surface area contributed by atoms with E-state index in [9.17, 15) is 4.79 Å². The van der Waals surface area contributed by atoms with Crippen molar-refractivity contribution in [3.63, 3.8) is 0 Å². The Morgan fingerprint density at radius 3 is 2.39 bits per heavy atom. The fraction of sp³-hybridized carbons (Fsp3) is 0.188. The van der Waals surface area contributed by atoms with Crippen LogP contribution in [0.25, 0.3) is 0 Å². The highest BCUT2D eigenvalue weighted by molar-refractivity contribution is 7.80. The molecule has 0 radical (unpaired) electrons. The molecule has 2 aromatic rings. The van der Waals surface area contributed by atoms with Crippen LogP contribution in [-0.4, -0.2) is 30.2 Å². The van der Waals surface area contributed by atoms with Gasteiger partial charge in [-0.15, -0.1) is 0 Å². The lowest BCUT2D eigenvalue weighted by Crippen LogP contribution is -2.34. The van der Waals surface area contributed by atoms with E-state index in [4.69, 9.17) is 21.7 Å². The van der Waals surface area contributed by atoms with Gasteiger partial charge in [0.2, 0.25) is 0 Å². The number of aromatic nitrogens is 1. The summed E-state index contributed by atoms with van der Waals surface area (Å²) in [7, 11) is 2.97. The number of amides is 1. The molecule has 2 N–H and O–H groups in total. The van der Waals surface area contributed by atoms with Crippen LogP contribution >= 0.6 is 12.2 Å². The number of carbonyl (C=O) groups is 1. The van der Waals surface area contributed by atoms with E-state index in [-0.39, 0.29) is 10.7 Å². The van der Waals surface area contributed by atoms with Gasteiger partial charge < -0.3 is 14.8 Å². The van der Waals surface area contributed by atoms with E-state index in [0.717, 1.165) is 5.56 Å². The van der Waals surface area contributed by atoms with Gasteiger partial charge in [-0.3, -0.25) is 10.1 Å². The number of thiocarbonyl (C=S) groups is 1. The van der Waals surface area contributed by atoms with Crippen LogP contribution in [0.3, 0.4) is 0 Å². The smallest absolute Gasteiger partial charge is 0.264 e. The van der Waals surface area contributed by atoms with E-state index in [1.165, 1.54) is 14.2 Å². The number of hydrogen-bond acceptors (Lipinski definition) is 5. The molecule has 0 atom stereocenters. The molecule has 0 spiro atoms. The molecule has 23 heavy (non-hydrogen) atoms. The van der Waals surface area contributed by atoms with Crippen LogP contribution in [0.15, 0.2) is 36.5 Å². The summed E-state index contributed by atoms with van der Waals surface area (Å²) >= 11 is 5.15. The minimum atomic E-state index is -0.426. The molecule has 1 aromatic carbocycles. The lowest BCUT2D eigenvalue weighted by Gasteiger charge is -2.14. The second-order valence-electron chi connectivity index (χ2n) is 4.66. The largest absolute Gasteiger partial charge is 0.496 e. The average molecular weight is 331 g/mol.